The third-order valence-electron chi connectivity index (χ3n) is 2.89. The number of primary amides is 1. The molecular weight excluding hydrogens is 282 g/mol. The summed E-state index contributed by atoms with van der Waals surface area (Å²) in [6.45, 7) is 2.02. The molecule has 2 aromatic rings. The minimum Gasteiger partial charge on any atom is -0.352 e. The number of rotatable bonds is 4. The molecule has 0 aromatic heterocycles. The maximum absolute atomic E-state index is 11.2. The van der Waals surface area contributed by atoms with Crippen LogP contribution in [0.2, 0.25) is 0 Å². The molecule has 0 saturated carbocycles. The van der Waals surface area contributed by atoms with Gasteiger partial charge < -0.3 is 11.1 Å². The van der Waals surface area contributed by atoms with Crippen LogP contribution in [0.25, 0.3) is 0 Å². The lowest BCUT2D eigenvalue weighted by molar-refractivity contribution is 0.248. The van der Waals surface area contributed by atoms with Crippen molar-refractivity contribution in [2.75, 3.05) is 0 Å². The van der Waals surface area contributed by atoms with Crippen molar-refractivity contribution in [1.82, 2.24) is 5.32 Å². The van der Waals surface area contributed by atoms with Gasteiger partial charge in [-0.25, -0.2) is 4.79 Å². The monoisotopic (exact) mass is 297 g/mol. The van der Waals surface area contributed by atoms with Gasteiger partial charge in [0, 0.05) is 4.90 Å². The number of nitrogens with two attached hydrogens (primary N) is 1. The summed E-state index contributed by atoms with van der Waals surface area (Å²) in [5.74, 6) is 0. The minimum absolute atomic E-state index is 0.294. The first-order valence-electron chi connectivity index (χ1n) is 6.38. The molecular formula is C16H15N3OS. The molecule has 0 heterocycles. The molecule has 106 valence electrons. The number of amides is 2. The Hall–Kier alpha value is -2.45. The van der Waals surface area contributed by atoms with Crippen LogP contribution in [0.3, 0.4) is 0 Å². The summed E-state index contributed by atoms with van der Waals surface area (Å²) in [4.78, 5) is 12.2. The number of benzene rings is 2. The third-order valence-corrected chi connectivity index (χ3v) is 4.06. The average Bonchev–Trinajstić information content (AvgIpc) is 2.48. The van der Waals surface area contributed by atoms with Gasteiger partial charge in [-0.15, -0.1) is 0 Å². The third kappa shape index (κ3) is 4.26. The standard InChI is InChI=1S/C16H15N3OS/c1-11-2-8-14(9-3-11)21-15(19-16(18)20)13-6-4-12(10-17)5-7-13/h2-9,15H,1H3,(H3,18,19,20). The topological polar surface area (TPSA) is 78.9 Å². The summed E-state index contributed by atoms with van der Waals surface area (Å²) < 4.78 is 0. The van der Waals surface area contributed by atoms with Gasteiger partial charge in [0.1, 0.15) is 5.37 Å². The predicted octanol–water partition coefficient (Wildman–Crippen LogP) is 3.33. The average molecular weight is 297 g/mol. The maximum Gasteiger partial charge on any atom is 0.313 e. The van der Waals surface area contributed by atoms with Crippen LogP contribution in [-0.4, -0.2) is 6.03 Å². The van der Waals surface area contributed by atoms with Crippen molar-refractivity contribution in [2.45, 2.75) is 17.2 Å². The Morgan fingerprint density at radius 3 is 2.33 bits per heavy atom. The highest BCUT2D eigenvalue weighted by Gasteiger charge is 2.14. The fraction of sp³-hybridized carbons (Fsp3) is 0.125. The fourth-order valence-corrected chi connectivity index (χ4v) is 2.83. The highest BCUT2D eigenvalue weighted by Crippen LogP contribution is 2.33. The van der Waals surface area contributed by atoms with Crippen molar-refractivity contribution in [3.8, 4) is 6.07 Å². The minimum atomic E-state index is -0.580. The largest absolute Gasteiger partial charge is 0.352 e. The fourth-order valence-electron chi connectivity index (χ4n) is 1.80. The number of nitrogens with one attached hydrogen (secondary N) is 1. The number of nitriles is 1. The lowest BCUT2D eigenvalue weighted by Crippen LogP contribution is -2.31. The van der Waals surface area contributed by atoms with E-state index < -0.39 is 6.03 Å². The van der Waals surface area contributed by atoms with E-state index >= 15 is 0 Å². The molecule has 0 aliphatic carbocycles. The van der Waals surface area contributed by atoms with Crippen LogP contribution in [0.15, 0.2) is 53.4 Å². The number of thioether (sulfide) groups is 1. The number of carbonyl (C=O) groups excluding carboxylic acids is 1. The Morgan fingerprint density at radius 2 is 1.81 bits per heavy atom. The summed E-state index contributed by atoms with van der Waals surface area (Å²) in [5, 5.41) is 11.3. The summed E-state index contributed by atoms with van der Waals surface area (Å²) in [5.41, 5.74) is 7.89. The Balaban J connectivity index is 2.22. The normalized spacial score (nSPS) is 11.4. The van der Waals surface area contributed by atoms with Crippen molar-refractivity contribution in [3.05, 3.63) is 65.2 Å². The van der Waals surface area contributed by atoms with Gasteiger partial charge in [0.25, 0.3) is 0 Å². The lowest BCUT2D eigenvalue weighted by atomic mass is 10.1. The van der Waals surface area contributed by atoms with E-state index in [-0.39, 0.29) is 5.37 Å². The zero-order chi connectivity index (χ0) is 15.2. The zero-order valence-corrected chi connectivity index (χ0v) is 12.4. The molecule has 1 unspecified atom stereocenters. The van der Waals surface area contributed by atoms with E-state index in [1.165, 1.54) is 17.3 Å². The second-order valence-corrected chi connectivity index (χ2v) is 5.73. The molecule has 4 nitrogen and oxygen atoms in total. The van der Waals surface area contributed by atoms with Gasteiger partial charge in [-0.2, -0.15) is 5.26 Å². The Bertz CT molecular complexity index is 659. The molecule has 0 aliphatic rings. The number of nitrogens with zero attached hydrogens (tertiary/aromatic N) is 1. The number of carbonyl (C=O) groups is 1. The number of hydrogen-bond acceptors (Lipinski definition) is 3. The summed E-state index contributed by atoms with van der Waals surface area (Å²) >= 11 is 1.50. The van der Waals surface area contributed by atoms with E-state index in [0.29, 0.717) is 5.56 Å². The first kappa shape index (κ1) is 14.9. The van der Waals surface area contributed by atoms with Crippen LogP contribution in [0.1, 0.15) is 22.1 Å². The van der Waals surface area contributed by atoms with E-state index in [4.69, 9.17) is 11.0 Å². The molecule has 3 N–H and O–H groups in total. The summed E-state index contributed by atoms with van der Waals surface area (Å²) in [7, 11) is 0. The van der Waals surface area contributed by atoms with Gasteiger partial charge in [-0.3, -0.25) is 0 Å². The van der Waals surface area contributed by atoms with Crippen molar-refractivity contribution < 1.29 is 4.79 Å². The molecule has 0 bridgehead atoms. The first-order valence-corrected chi connectivity index (χ1v) is 7.26. The van der Waals surface area contributed by atoms with Crippen molar-refractivity contribution in [2.24, 2.45) is 5.73 Å². The van der Waals surface area contributed by atoms with Gasteiger partial charge in [-0.05, 0) is 36.8 Å². The van der Waals surface area contributed by atoms with Crippen LogP contribution in [-0.2, 0) is 0 Å². The number of aryl methyl sites for hydroxylation is 1. The van der Waals surface area contributed by atoms with Gasteiger partial charge in [0.15, 0.2) is 0 Å². The zero-order valence-electron chi connectivity index (χ0n) is 11.5. The molecule has 1 atom stereocenters. The summed E-state index contributed by atoms with van der Waals surface area (Å²) in [6.07, 6.45) is 0. The van der Waals surface area contributed by atoms with Gasteiger partial charge in [-0.1, -0.05) is 41.6 Å². The van der Waals surface area contributed by atoms with Gasteiger partial charge >= 0.3 is 6.03 Å². The van der Waals surface area contributed by atoms with E-state index in [2.05, 4.69) is 11.4 Å². The molecule has 0 saturated heterocycles. The Labute approximate surface area is 128 Å². The van der Waals surface area contributed by atoms with Gasteiger partial charge in [0.05, 0.1) is 11.6 Å². The second-order valence-electron chi connectivity index (χ2n) is 4.55. The second kappa shape index (κ2) is 6.82. The van der Waals surface area contributed by atoms with Crippen LogP contribution in [0, 0.1) is 18.3 Å². The molecule has 5 heteroatoms. The van der Waals surface area contributed by atoms with Crippen LogP contribution in [0.4, 0.5) is 4.79 Å². The van der Waals surface area contributed by atoms with Crippen LogP contribution in [0.5, 0.6) is 0 Å². The van der Waals surface area contributed by atoms with Crippen molar-refractivity contribution in [3.63, 3.8) is 0 Å². The van der Waals surface area contributed by atoms with E-state index in [1.54, 1.807) is 12.1 Å². The van der Waals surface area contributed by atoms with Crippen molar-refractivity contribution >= 4 is 17.8 Å². The molecule has 21 heavy (non-hydrogen) atoms. The molecule has 0 spiro atoms. The number of urea groups is 1. The van der Waals surface area contributed by atoms with E-state index in [9.17, 15) is 4.79 Å². The number of hydrogen-bond donors (Lipinski definition) is 2. The smallest absolute Gasteiger partial charge is 0.313 e. The Morgan fingerprint density at radius 1 is 1.19 bits per heavy atom. The maximum atomic E-state index is 11.2. The molecule has 2 rings (SSSR count). The van der Waals surface area contributed by atoms with Gasteiger partial charge in [0.2, 0.25) is 0 Å². The molecule has 2 aromatic carbocycles. The SMILES string of the molecule is Cc1ccc(SC(NC(N)=O)c2ccc(C#N)cc2)cc1. The predicted molar refractivity (Wildman–Crippen MR) is 83.7 cm³/mol. The molecule has 0 fully saturated rings. The Kier molecular flexibility index (Phi) is 4.85. The summed E-state index contributed by atoms with van der Waals surface area (Å²) in [6, 6.07) is 16.6. The van der Waals surface area contributed by atoms with Crippen molar-refractivity contribution in [1.29, 1.82) is 5.26 Å². The lowest BCUT2D eigenvalue weighted by Gasteiger charge is -2.17. The van der Waals surface area contributed by atoms with Crippen LogP contribution >= 0.6 is 11.8 Å². The van der Waals surface area contributed by atoms with E-state index in [1.807, 2.05) is 43.3 Å². The molecule has 0 radical (unpaired) electrons. The van der Waals surface area contributed by atoms with Crippen LogP contribution < -0.4 is 11.1 Å². The molecule has 0 aliphatic heterocycles. The quantitative estimate of drug-likeness (QED) is 0.671. The highest BCUT2D eigenvalue weighted by atomic mass is 32.2. The van der Waals surface area contributed by atoms with E-state index in [0.717, 1.165) is 10.5 Å². The molecule has 2 amide bonds. The highest BCUT2D eigenvalue weighted by molar-refractivity contribution is 7.99. The first-order chi connectivity index (χ1) is 10.1.